The highest BCUT2D eigenvalue weighted by atomic mass is 32.1. The highest BCUT2D eigenvalue weighted by Crippen LogP contribution is 2.34. The maximum Gasteiger partial charge on any atom is 0.122 e. The molecule has 0 saturated heterocycles. The van der Waals surface area contributed by atoms with Crippen molar-refractivity contribution in [3.8, 4) is 0 Å². The Morgan fingerprint density at radius 3 is 2.14 bits per heavy atom. The van der Waals surface area contributed by atoms with Gasteiger partial charge >= 0.3 is 0 Å². The molecule has 4 aromatic rings. The molecule has 6 nitrogen and oxygen atoms in total. The highest BCUT2D eigenvalue weighted by molar-refractivity contribution is 7.19. The first-order valence-corrected chi connectivity index (χ1v) is 12.3. The van der Waals surface area contributed by atoms with Crippen LogP contribution >= 0.6 is 11.3 Å². The van der Waals surface area contributed by atoms with E-state index in [0.717, 1.165) is 10.4 Å². The lowest BCUT2D eigenvalue weighted by Gasteiger charge is -2.38. The number of hydrogen-bond acceptors (Lipinski definition) is 7. The molecule has 4 rings (SSSR count). The average molecular weight is 495 g/mol. The molecule has 0 amide bonds. The quantitative estimate of drug-likeness (QED) is 0.201. The lowest BCUT2D eigenvalue weighted by Crippen LogP contribution is -2.55. The van der Waals surface area contributed by atoms with Gasteiger partial charge in [-0.2, -0.15) is 0 Å². The van der Waals surface area contributed by atoms with Gasteiger partial charge in [0.15, 0.2) is 0 Å². The molecular weight excluding hydrogens is 464 g/mol. The second-order valence-corrected chi connectivity index (χ2v) is 10.1. The highest BCUT2D eigenvalue weighted by Gasteiger charge is 2.45. The van der Waals surface area contributed by atoms with Gasteiger partial charge < -0.3 is 30.6 Å². The third-order valence-electron chi connectivity index (χ3n) is 6.34. The van der Waals surface area contributed by atoms with Crippen molar-refractivity contribution in [2.45, 2.75) is 42.9 Å². The fourth-order valence-corrected chi connectivity index (χ4v) is 5.46. The summed E-state index contributed by atoms with van der Waals surface area (Å²) in [5.41, 5.74) is 0.0244. The van der Waals surface area contributed by atoms with Crippen LogP contribution in [0.4, 0.5) is 0 Å². The summed E-state index contributed by atoms with van der Waals surface area (Å²) in [4.78, 5) is 1.15. The van der Waals surface area contributed by atoms with Gasteiger partial charge in [0.2, 0.25) is 0 Å². The summed E-state index contributed by atoms with van der Waals surface area (Å²) >= 11 is 1.69. The molecule has 0 fully saturated rings. The summed E-state index contributed by atoms with van der Waals surface area (Å²) in [6.07, 6.45) is -6.69. The molecule has 0 aliphatic rings. The van der Waals surface area contributed by atoms with E-state index in [1.165, 1.54) is 10.1 Å². The Balaban J connectivity index is 1.68. The molecule has 5 atom stereocenters. The molecule has 184 valence electrons. The number of hydrogen-bond donors (Lipinski definition) is 6. The molecule has 0 aliphatic heterocycles. The first-order valence-electron chi connectivity index (χ1n) is 11.5. The lowest BCUT2D eigenvalue weighted by atomic mass is 9.78. The molecule has 0 aliphatic carbocycles. The van der Waals surface area contributed by atoms with Crippen LogP contribution in [0.15, 0.2) is 84.9 Å². The van der Waals surface area contributed by atoms with Gasteiger partial charge in [0.25, 0.3) is 0 Å². The van der Waals surface area contributed by atoms with Crippen molar-refractivity contribution in [2.75, 3.05) is 6.61 Å². The van der Waals surface area contributed by atoms with Gasteiger partial charge in [-0.1, -0.05) is 72.8 Å². The number of benzene rings is 3. The number of thiophene rings is 1. The first-order chi connectivity index (χ1) is 16.8. The van der Waals surface area contributed by atoms with Gasteiger partial charge in [0.05, 0.1) is 6.61 Å². The van der Waals surface area contributed by atoms with Crippen LogP contribution in [-0.2, 0) is 18.4 Å². The van der Waals surface area contributed by atoms with Crippen molar-refractivity contribution in [2.24, 2.45) is 0 Å². The van der Waals surface area contributed by atoms with E-state index in [1.54, 1.807) is 53.8 Å². The molecule has 7 heteroatoms. The normalized spacial score (nSPS) is 17.0. The van der Waals surface area contributed by atoms with Gasteiger partial charge in [-0.25, -0.2) is 0 Å². The minimum absolute atomic E-state index is 0.0413. The predicted octanol–water partition coefficient (Wildman–Crippen LogP) is 2.36. The number of aliphatic hydroxyl groups excluding tert-OH is 5. The Morgan fingerprint density at radius 1 is 0.743 bits per heavy atom. The van der Waals surface area contributed by atoms with Crippen LogP contribution < -0.4 is 0 Å². The van der Waals surface area contributed by atoms with Crippen molar-refractivity contribution < 1.29 is 30.6 Å². The Kier molecular flexibility index (Phi) is 7.98. The van der Waals surface area contributed by atoms with Crippen molar-refractivity contribution in [3.63, 3.8) is 0 Å². The van der Waals surface area contributed by atoms with E-state index in [1.807, 2.05) is 24.3 Å². The monoisotopic (exact) mass is 494 g/mol. The fourth-order valence-electron chi connectivity index (χ4n) is 4.37. The van der Waals surface area contributed by atoms with Crippen LogP contribution in [0.25, 0.3) is 10.1 Å². The van der Waals surface area contributed by atoms with Crippen LogP contribution in [0.1, 0.15) is 21.6 Å². The standard InChI is InChI=1S/C28H30O6S/c29-17-23(30)25(31)26(32)27(33)28(34,16-18-7-2-1-3-8-18)21-11-6-9-19(13-21)14-22-15-20-10-4-5-12-24(20)35-22/h1-13,15,23,25-27,29-34H,14,16-17H2/t23-,25-,26+,27-,28?/m1/s1. The average Bonchev–Trinajstić information content (AvgIpc) is 3.29. The zero-order chi connectivity index (χ0) is 25.0. The van der Waals surface area contributed by atoms with Gasteiger partial charge in [-0.3, -0.25) is 0 Å². The molecule has 6 N–H and O–H groups in total. The Bertz CT molecular complexity index is 1210. The fraction of sp³-hybridized carbons (Fsp3) is 0.286. The Hall–Kier alpha value is -2.62. The van der Waals surface area contributed by atoms with Gasteiger partial charge in [-0.05, 0) is 34.2 Å². The zero-order valence-corrected chi connectivity index (χ0v) is 19.9. The molecule has 35 heavy (non-hydrogen) atoms. The number of aliphatic hydroxyl groups is 6. The summed E-state index contributed by atoms with van der Waals surface area (Å²) in [6.45, 7) is -0.799. The lowest BCUT2D eigenvalue weighted by molar-refractivity contribution is -0.176. The van der Waals surface area contributed by atoms with E-state index >= 15 is 0 Å². The molecule has 0 saturated carbocycles. The van der Waals surface area contributed by atoms with E-state index < -0.39 is 36.6 Å². The smallest absolute Gasteiger partial charge is 0.122 e. The summed E-state index contributed by atoms with van der Waals surface area (Å²) in [5, 5.41) is 63.9. The van der Waals surface area contributed by atoms with Crippen LogP contribution in [0.3, 0.4) is 0 Å². The molecule has 0 bridgehead atoms. The third-order valence-corrected chi connectivity index (χ3v) is 7.46. The second kappa shape index (κ2) is 11.0. The largest absolute Gasteiger partial charge is 0.394 e. The van der Waals surface area contributed by atoms with Gasteiger partial charge in [-0.15, -0.1) is 11.3 Å². The topological polar surface area (TPSA) is 121 Å². The minimum atomic E-state index is -1.98. The first kappa shape index (κ1) is 25.5. The van der Waals surface area contributed by atoms with E-state index in [-0.39, 0.29) is 6.42 Å². The van der Waals surface area contributed by atoms with Gasteiger partial charge in [0.1, 0.15) is 30.0 Å². The summed E-state index contributed by atoms with van der Waals surface area (Å²) in [5.74, 6) is 0. The Morgan fingerprint density at radius 2 is 1.43 bits per heavy atom. The molecule has 1 unspecified atom stereocenters. The third kappa shape index (κ3) is 5.63. The van der Waals surface area contributed by atoms with Crippen LogP contribution in [0.2, 0.25) is 0 Å². The summed E-state index contributed by atoms with van der Waals surface area (Å²) in [6, 6.07) is 26.5. The van der Waals surface area contributed by atoms with Gasteiger partial charge in [0, 0.05) is 22.4 Å². The number of fused-ring (bicyclic) bond motifs is 1. The van der Waals surface area contributed by atoms with Crippen LogP contribution in [0.5, 0.6) is 0 Å². The summed E-state index contributed by atoms with van der Waals surface area (Å²) in [7, 11) is 0. The summed E-state index contributed by atoms with van der Waals surface area (Å²) < 4.78 is 1.19. The molecule has 1 heterocycles. The van der Waals surface area contributed by atoms with E-state index in [4.69, 9.17) is 5.11 Å². The van der Waals surface area contributed by atoms with Crippen LogP contribution in [0, 0.1) is 0 Å². The molecule has 0 radical (unpaired) electrons. The zero-order valence-electron chi connectivity index (χ0n) is 19.1. The van der Waals surface area contributed by atoms with E-state index in [0.29, 0.717) is 17.5 Å². The molecule has 3 aromatic carbocycles. The Labute approximate surface area is 208 Å². The molecule has 1 aromatic heterocycles. The van der Waals surface area contributed by atoms with Crippen molar-refractivity contribution in [3.05, 3.63) is 106 Å². The number of rotatable bonds is 10. The van der Waals surface area contributed by atoms with Crippen molar-refractivity contribution >= 4 is 21.4 Å². The van der Waals surface area contributed by atoms with E-state index in [9.17, 15) is 25.5 Å². The minimum Gasteiger partial charge on any atom is -0.394 e. The maximum absolute atomic E-state index is 11.8. The van der Waals surface area contributed by atoms with Crippen LogP contribution in [-0.4, -0.2) is 61.7 Å². The van der Waals surface area contributed by atoms with Crippen molar-refractivity contribution in [1.82, 2.24) is 0 Å². The van der Waals surface area contributed by atoms with E-state index in [2.05, 4.69) is 18.2 Å². The van der Waals surface area contributed by atoms with Crippen molar-refractivity contribution in [1.29, 1.82) is 0 Å². The maximum atomic E-state index is 11.8. The molecular formula is C28H30O6S. The second-order valence-electron chi connectivity index (χ2n) is 8.89. The SMILES string of the molecule is OC[C@@H](O)[C@@H](O)[C@H](O)[C@@H](O)C(O)(Cc1ccccc1)c1cccc(Cc2cc3ccccc3s2)c1. The molecule has 0 spiro atoms. The predicted molar refractivity (Wildman–Crippen MR) is 136 cm³/mol.